The maximum absolute atomic E-state index is 11.7. The van der Waals surface area contributed by atoms with Gasteiger partial charge in [-0.25, -0.2) is 4.79 Å². The van der Waals surface area contributed by atoms with Gasteiger partial charge < -0.3 is 10.1 Å². The first-order chi connectivity index (χ1) is 14.2. The first-order valence-electron chi connectivity index (χ1n) is 12.3. The number of esters is 1. The number of amides is 1. The van der Waals surface area contributed by atoms with Gasteiger partial charge >= 0.3 is 5.97 Å². The van der Waals surface area contributed by atoms with Gasteiger partial charge in [0.2, 0.25) is 5.91 Å². The second-order valence-corrected chi connectivity index (χ2v) is 8.47. The molecule has 0 bridgehead atoms. The average Bonchev–Trinajstić information content (AvgIpc) is 3.16. The zero-order valence-corrected chi connectivity index (χ0v) is 18.9. The molecule has 4 nitrogen and oxygen atoms in total. The summed E-state index contributed by atoms with van der Waals surface area (Å²) in [6.45, 7) is 2.75. The first kappa shape index (κ1) is 25.7. The lowest BCUT2D eigenvalue weighted by Gasteiger charge is -2.09. The van der Waals surface area contributed by atoms with Gasteiger partial charge in [-0.1, -0.05) is 89.7 Å². The highest BCUT2D eigenvalue weighted by Gasteiger charge is 2.28. The van der Waals surface area contributed by atoms with E-state index in [1.54, 1.807) is 0 Å². The Morgan fingerprint density at radius 3 is 1.90 bits per heavy atom. The maximum Gasteiger partial charge on any atom is 0.328 e. The van der Waals surface area contributed by atoms with Gasteiger partial charge in [-0.05, 0) is 38.5 Å². The van der Waals surface area contributed by atoms with E-state index >= 15 is 0 Å². The van der Waals surface area contributed by atoms with Crippen molar-refractivity contribution in [3.63, 3.8) is 0 Å². The van der Waals surface area contributed by atoms with Gasteiger partial charge in [-0.3, -0.25) is 4.79 Å². The molecule has 4 heteroatoms. The van der Waals surface area contributed by atoms with Crippen molar-refractivity contribution in [2.45, 2.75) is 129 Å². The number of carbonyl (C=O) groups excluding carboxylic acids is 2. The van der Waals surface area contributed by atoms with Gasteiger partial charge in [0.15, 0.2) is 0 Å². The lowest BCUT2D eigenvalue weighted by molar-refractivity contribution is -0.146. The minimum Gasteiger partial charge on any atom is -0.464 e. The normalized spacial score (nSPS) is 16.4. The fourth-order valence-corrected chi connectivity index (χ4v) is 3.77. The van der Waals surface area contributed by atoms with Crippen molar-refractivity contribution in [3.05, 3.63) is 12.2 Å². The Bertz CT molecular complexity index is 447. The van der Waals surface area contributed by atoms with E-state index in [4.69, 9.17) is 4.74 Å². The minimum absolute atomic E-state index is 0.0445. The fourth-order valence-electron chi connectivity index (χ4n) is 3.77. The summed E-state index contributed by atoms with van der Waals surface area (Å²) in [5.74, 6) is -0.310. The van der Waals surface area contributed by atoms with Crippen LogP contribution in [0.1, 0.15) is 122 Å². The quantitative estimate of drug-likeness (QED) is 0.149. The molecule has 0 aliphatic carbocycles. The highest BCUT2D eigenvalue weighted by molar-refractivity contribution is 5.87. The van der Waals surface area contributed by atoms with Crippen LogP contribution >= 0.6 is 0 Å². The van der Waals surface area contributed by atoms with E-state index in [1.807, 2.05) is 0 Å². The van der Waals surface area contributed by atoms with Crippen LogP contribution in [0.25, 0.3) is 0 Å². The molecule has 29 heavy (non-hydrogen) atoms. The standard InChI is InChI=1S/C25H45NO3/c1-2-3-4-5-6-7-8-9-10-11-12-13-14-15-16-17-18-19-22-29-25(28)23-20-21-24(27)26-23/h7-8,23H,2-6,9-22H2,1H3,(H,26,27)/b8-7+/t23-/m0/s1. The number of ether oxygens (including phenoxy) is 1. The summed E-state index contributed by atoms with van der Waals surface area (Å²) in [4.78, 5) is 22.8. The molecule has 1 saturated heterocycles. The van der Waals surface area contributed by atoms with Crippen LogP contribution in [0.15, 0.2) is 12.2 Å². The molecule has 1 heterocycles. The van der Waals surface area contributed by atoms with E-state index in [0.717, 1.165) is 12.8 Å². The summed E-state index contributed by atoms with van der Waals surface area (Å²) in [6, 6.07) is -0.408. The summed E-state index contributed by atoms with van der Waals surface area (Å²) in [5, 5.41) is 2.65. The molecule has 0 aromatic carbocycles. The van der Waals surface area contributed by atoms with E-state index < -0.39 is 6.04 Å². The van der Waals surface area contributed by atoms with Crippen LogP contribution in [0.3, 0.4) is 0 Å². The van der Waals surface area contributed by atoms with Gasteiger partial charge in [0.25, 0.3) is 0 Å². The lowest BCUT2D eigenvalue weighted by atomic mass is 10.1. The Morgan fingerprint density at radius 2 is 1.38 bits per heavy atom. The topological polar surface area (TPSA) is 55.4 Å². The first-order valence-corrected chi connectivity index (χ1v) is 12.3. The van der Waals surface area contributed by atoms with Crippen molar-refractivity contribution in [3.8, 4) is 0 Å². The van der Waals surface area contributed by atoms with Crippen molar-refractivity contribution in [2.75, 3.05) is 6.61 Å². The lowest BCUT2D eigenvalue weighted by Crippen LogP contribution is -2.34. The molecule has 0 spiro atoms. The number of hydrogen-bond acceptors (Lipinski definition) is 3. The summed E-state index contributed by atoms with van der Waals surface area (Å²) in [7, 11) is 0. The van der Waals surface area contributed by atoms with E-state index in [9.17, 15) is 9.59 Å². The Morgan fingerprint density at radius 1 is 0.862 bits per heavy atom. The monoisotopic (exact) mass is 407 g/mol. The molecule has 1 rings (SSSR count). The van der Waals surface area contributed by atoms with Crippen LogP contribution in [0.5, 0.6) is 0 Å². The molecule has 168 valence electrons. The average molecular weight is 408 g/mol. The van der Waals surface area contributed by atoms with E-state index in [0.29, 0.717) is 19.4 Å². The predicted octanol–water partition coefficient (Wildman–Crippen LogP) is 6.63. The van der Waals surface area contributed by atoms with Gasteiger partial charge in [0.05, 0.1) is 6.61 Å². The second-order valence-electron chi connectivity index (χ2n) is 8.47. The van der Waals surface area contributed by atoms with Gasteiger partial charge in [-0.2, -0.15) is 0 Å². The molecular formula is C25H45NO3. The van der Waals surface area contributed by atoms with Crippen molar-refractivity contribution in [2.24, 2.45) is 0 Å². The molecule has 0 aromatic heterocycles. The third-order valence-corrected chi connectivity index (χ3v) is 5.68. The molecule has 0 aromatic rings. The molecule has 1 atom stereocenters. The molecular weight excluding hydrogens is 362 g/mol. The summed E-state index contributed by atoms with van der Waals surface area (Å²) in [6.07, 6.45) is 26.4. The molecule has 0 unspecified atom stereocenters. The summed E-state index contributed by atoms with van der Waals surface area (Å²) in [5.41, 5.74) is 0. The minimum atomic E-state index is -0.408. The van der Waals surface area contributed by atoms with E-state index in [-0.39, 0.29) is 11.9 Å². The largest absolute Gasteiger partial charge is 0.464 e. The Hall–Kier alpha value is -1.32. The second kappa shape index (κ2) is 18.7. The Kier molecular flexibility index (Phi) is 16.6. The molecule has 1 aliphatic rings. The summed E-state index contributed by atoms with van der Waals surface area (Å²) >= 11 is 0. The predicted molar refractivity (Wildman–Crippen MR) is 121 cm³/mol. The SMILES string of the molecule is CCCCCC/C=C/CCCCCCCCCCCCOC(=O)[C@@H]1CCC(=O)N1. The third kappa shape index (κ3) is 15.2. The van der Waals surface area contributed by atoms with Crippen molar-refractivity contribution < 1.29 is 14.3 Å². The zero-order valence-electron chi connectivity index (χ0n) is 18.9. The van der Waals surface area contributed by atoms with Gasteiger partial charge in [0.1, 0.15) is 6.04 Å². The Labute approximate surface area is 179 Å². The Balaban J connectivity index is 1.73. The van der Waals surface area contributed by atoms with Crippen LogP contribution in [-0.2, 0) is 14.3 Å². The maximum atomic E-state index is 11.7. The molecule has 1 fully saturated rings. The van der Waals surface area contributed by atoms with Crippen molar-refractivity contribution >= 4 is 11.9 Å². The van der Waals surface area contributed by atoms with E-state index in [1.165, 1.54) is 89.9 Å². The van der Waals surface area contributed by atoms with Gasteiger partial charge in [0, 0.05) is 6.42 Å². The molecule has 0 radical (unpaired) electrons. The fraction of sp³-hybridized carbons (Fsp3) is 0.840. The number of unbranched alkanes of at least 4 members (excludes halogenated alkanes) is 14. The number of hydrogen-bond donors (Lipinski definition) is 1. The highest BCUT2D eigenvalue weighted by Crippen LogP contribution is 2.13. The number of carbonyl (C=O) groups is 2. The van der Waals surface area contributed by atoms with Crippen LogP contribution < -0.4 is 5.32 Å². The molecule has 1 aliphatic heterocycles. The molecule has 1 N–H and O–H groups in total. The molecule has 0 saturated carbocycles. The van der Waals surface area contributed by atoms with Gasteiger partial charge in [-0.15, -0.1) is 0 Å². The van der Waals surface area contributed by atoms with E-state index in [2.05, 4.69) is 24.4 Å². The zero-order chi connectivity index (χ0) is 21.0. The number of rotatable bonds is 19. The van der Waals surface area contributed by atoms with Crippen LogP contribution in [-0.4, -0.2) is 24.5 Å². The summed E-state index contributed by atoms with van der Waals surface area (Å²) < 4.78 is 5.24. The van der Waals surface area contributed by atoms with Crippen molar-refractivity contribution in [1.29, 1.82) is 0 Å². The number of allylic oxidation sites excluding steroid dienone is 2. The highest BCUT2D eigenvalue weighted by atomic mass is 16.5. The number of nitrogens with one attached hydrogen (secondary N) is 1. The third-order valence-electron chi connectivity index (χ3n) is 5.68. The van der Waals surface area contributed by atoms with Crippen LogP contribution in [0.2, 0.25) is 0 Å². The molecule has 1 amide bonds. The smallest absolute Gasteiger partial charge is 0.328 e. The van der Waals surface area contributed by atoms with Crippen LogP contribution in [0, 0.1) is 0 Å². The van der Waals surface area contributed by atoms with Crippen LogP contribution in [0.4, 0.5) is 0 Å². The van der Waals surface area contributed by atoms with Crippen molar-refractivity contribution in [1.82, 2.24) is 5.32 Å².